The number of nitrogens with one attached hydrogen (secondary N) is 1. The highest BCUT2D eigenvalue weighted by molar-refractivity contribution is 9.10. The van der Waals surface area contributed by atoms with Crippen LogP contribution in [0.25, 0.3) is 0 Å². The lowest BCUT2D eigenvalue weighted by Gasteiger charge is -2.15. The monoisotopic (exact) mass is 357 g/mol. The molecule has 2 N–H and O–H groups in total. The fraction of sp³-hybridized carbons (Fsp3) is 0.200. The van der Waals surface area contributed by atoms with E-state index in [4.69, 9.17) is 4.74 Å². The van der Waals surface area contributed by atoms with Crippen LogP contribution in [0.2, 0.25) is 0 Å². The number of aliphatic hydroxyl groups is 1. The van der Waals surface area contributed by atoms with Gasteiger partial charge in [0.05, 0.1) is 23.4 Å². The third kappa shape index (κ3) is 3.92. The van der Waals surface area contributed by atoms with Gasteiger partial charge in [-0.3, -0.25) is 0 Å². The molecule has 21 heavy (non-hydrogen) atoms. The minimum absolute atomic E-state index is 0.0855. The van der Waals surface area contributed by atoms with Crippen molar-refractivity contribution in [2.45, 2.75) is 6.10 Å². The Morgan fingerprint density at radius 3 is 2.71 bits per heavy atom. The Bertz CT molecular complexity index is 637. The minimum atomic E-state index is -0.844. The van der Waals surface area contributed by atoms with Crippen molar-refractivity contribution in [1.82, 2.24) is 0 Å². The summed E-state index contributed by atoms with van der Waals surface area (Å²) in [6.07, 6.45) is -0.844. The number of methoxy groups -OCH3 is 1. The van der Waals surface area contributed by atoms with E-state index in [0.717, 1.165) is 6.07 Å². The summed E-state index contributed by atoms with van der Waals surface area (Å²) in [5, 5.41) is 12.8. The molecule has 6 heteroatoms. The van der Waals surface area contributed by atoms with Gasteiger partial charge in [0.25, 0.3) is 0 Å². The number of ether oxygens (including phenoxy) is 1. The van der Waals surface area contributed by atoms with Gasteiger partial charge in [0.15, 0.2) is 0 Å². The van der Waals surface area contributed by atoms with Crippen LogP contribution in [-0.2, 0) is 0 Å². The fourth-order valence-corrected chi connectivity index (χ4v) is 2.17. The number of rotatable bonds is 5. The van der Waals surface area contributed by atoms with Crippen molar-refractivity contribution in [1.29, 1.82) is 0 Å². The molecule has 0 radical (unpaired) electrons. The van der Waals surface area contributed by atoms with Crippen molar-refractivity contribution in [3.63, 3.8) is 0 Å². The second-order valence-electron chi connectivity index (χ2n) is 4.42. The molecule has 3 nitrogen and oxygen atoms in total. The molecular formula is C15H14BrF2NO2. The summed E-state index contributed by atoms with van der Waals surface area (Å²) in [6.45, 7) is 0.0855. The molecule has 0 aliphatic heterocycles. The van der Waals surface area contributed by atoms with E-state index >= 15 is 0 Å². The Hall–Kier alpha value is -1.66. The number of hydrogen-bond acceptors (Lipinski definition) is 3. The molecule has 0 heterocycles. The van der Waals surface area contributed by atoms with Gasteiger partial charge in [-0.25, -0.2) is 8.78 Å². The number of benzene rings is 2. The Morgan fingerprint density at radius 1 is 1.24 bits per heavy atom. The molecule has 1 unspecified atom stereocenters. The van der Waals surface area contributed by atoms with E-state index in [9.17, 15) is 13.9 Å². The van der Waals surface area contributed by atoms with Crippen LogP contribution in [0.15, 0.2) is 40.9 Å². The summed E-state index contributed by atoms with van der Waals surface area (Å²) >= 11 is 2.99. The second-order valence-corrected chi connectivity index (χ2v) is 5.27. The highest BCUT2D eigenvalue weighted by atomic mass is 79.9. The first-order valence-electron chi connectivity index (χ1n) is 6.21. The first-order valence-corrected chi connectivity index (χ1v) is 7.01. The zero-order valence-electron chi connectivity index (χ0n) is 11.2. The molecule has 0 bridgehead atoms. The molecule has 2 aromatic rings. The normalized spacial score (nSPS) is 12.0. The molecule has 0 aliphatic rings. The Morgan fingerprint density at radius 2 is 2.00 bits per heavy atom. The highest BCUT2D eigenvalue weighted by Gasteiger charge is 2.12. The molecule has 0 aliphatic carbocycles. The summed E-state index contributed by atoms with van der Waals surface area (Å²) in [7, 11) is 1.54. The smallest absolute Gasteiger partial charge is 0.149 e. The van der Waals surface area contributed by atoms with E-state index in [-0.39, 0.29) is 16.7 Å². The Balaban J connectivity index is 2.07. The van der Waals surface area contributed by atoms with E-state index in [0.29, 0.717) is 11.3 Å². The van der Waals surface area contributed by atoms with Crippen molar-refractivity contribution < 1.29 is 18.6 Å². The van der Waals surface area contributed by atoms with Gasteiger partial charge in [-0.1, -0.05) is 12.1 Å². The van der Waals surface area contributed by atoms with E-state index < -0.39 is 17.7 Å². The van der Waals surface area contributed by atoms with Gasteiger partial charge in [0, 0.05) is 12.6 Å². The van der Waals surface area contributed by atoms with E-state index in [1.807, 2.05) is 0 Å². The number of aliphatic hydroxyl groups excluding tert-OH is 1. The van der Waals surface area contributed by atoms with Crippen molar-refractivity contribution in [3.05, 3.63) is 58.1 Å². The summed E-state index contributed by atoms with van der Waals surface area (Å²) in [5.74, 6) is -0.762. The lowest BCUT2D eigenvalue weighted by Crippen LogP contribution is -2.13. The van der Waals surface area contributed by atoms with E-state index in [1.54, 1.807) is 24.3 Å². The molecule has 112 valence electrons. The van der Waals surface area contributed by atoms with Gasteiger partial charge in [0.2, 0.25) is 0 Å². The topological polar surface area (TPSA) is 41.5 Å². The van der Waals surface area contributed by atoms with Gasteiger partial charge < -0.3 is 15.2 Å². The van der Waals surface area contributed by atoms with Gasteiger partial charge in [0.1, 0.15) is 17.4 Å². The van der Waals surface area contributed by atoms with Gasteiger partial charge in [-0.05, 0) is 39.7 Å². The predicted molar refractivity (Wildman–Crippen MR) is 80.5 cm³/mol. The molecule has 0 saturated carbocycles. The highest BCUT2D eigenvalue weighted by Crippen LogP contribution is 2.25. The second kappa shape index (κ2) is 6.87. The zero-order chi connectivity index (χ0) is 15.4. The third-order valence-corrected chi connectivity index (χ3v) is 3.58. The van der Waals surface area contributed by atoms with Crippen LogP contribution in [-0.4, -0.2) is 18.8 Å². The molecule has 0 aromatic heterocycles. The minimum Gasteiger partial charge on any atom is -0.497 e. The van der Waals surface area contributed by atoms with Crippen LogP contribution < -0.4 is 10.1 Å². The van der Waals surface area contributed by atoms with Crippen molar-refractivity contribution in [3.8, 4) is 5.75 Å². The lowest BCUT2D eigenvalue weighted by molar-refractivity contribution is 0.191. The van der Waals surface area contributed by atoms with E-state index in [1.165, 1.54) is 13.2 Å². The molecule has 1 atom stereocenters. The summed E-state index contributed by atoms with van der Waals surface area (Å²) in [6, 6.07) is 9.04. The first-order chi connectivity index (χ1) is 10.0. The molecule has 2 aromatic carbocycles. The molecule has 0 fully saturated rings. The molecule has 0 saturated heterocycles. The van der Waals surface area contributed by atoms with Crippen molar-refractivity contribution >= 4 is 21.6 Å². The average Bonchev–Trinajstić information content (AvgIpc) is 2.49. The molecular weight excluding hydrogens is 344 g/mol. The first kappa shape index (κ1) is 15.7. The van der Waals surface area contributed by atoms with Gasteiger partial charge in [-0.15, -0.1) is 0 Å². The third-order valence-electron chi connectivity index (χ3n) is 2.97. The van der Waals surface area contributed by atoms with Gasteiger partial charge >= 0.3 is 0 Å². The Kier molecular flexibility index (Phi) is 5.14. The quantitative estimate of drug-likeness (QED) is 0.797. The number of hydrogen-bond donors (Lipinski definition) is 2. The van der Waals surface area contributed by atoms with Crippen LogP contribution in [0.3, 0.4) is 0 Å². The molecule has 0 spiro atoms. The van der Waals surface area contributed by atoms with E-state index in [2.05, 4.69) is 21.2 Å². The summed E-state index contributed by atoms with van der Waals surface area (Å²) < 4.78 is 31.9. The van der Waals surface area contributed by atoms with Gasteiger partial charge in [-0.2, -0.15) is 0 Å². The number of anilines is 1. The van der Waals surface area contributed by atoms with Crippen LogP contribution in [0.5, 0.6) is 5.75 Å². The fourth-order valence-electron chi connectivity index (χ4n) is 1.83. The van der Waals surface area contributed by atoms with Crippen LogP contribution >= 0.6 is 15.9 Å². The average molecular weight is 358 g/mol. The van der Waals surface area contributed by atoms with Crippen LogP contribution in [0.1, 0.15) is 11.7 Å². The predicted octanol–water partition coefficient (Wildman–Crippen LogP) is 3.88. The maximum atomic E-state index is 13.6. The SMILES string of the molecule is COc1cccc(C(O)CNc2cc(Br)c(F)cc2F)c1. The zero-order valence-corrected chi connectivity index (χ0v) is 12.8. The van der Waals surface area contributed by atoms with Crippen LogP contribution in [0, 0.1) is 11.6 Å². The Labute approximate surface area is 129 Å². The largest absolute Gasteiger partial charge is 0.497 e. The van der Waals surface area contributed by atoms with Crippen molar-refractivity contribution in [2.24, 2.45) is 0 Å². The molecule has 2 rings (SSSR count). The maximum Gasteiger partial charge on any atom is 0.149 e. The molecule has 0 amide bonds. The maximum absolute atomic E-state index is 13.6. The van der Waals surface area contributed by atoms with Crippen LogP contribution in [0.4, 0.5) is 14.5 Å². The summed E-state index contributed by atoms with van der Waals surface area (Å²) in [4.78, 5) is 0. The standard InChI is InChI=1S/C15H14BrF2NO2/c1-21-10-4-2-3-9(5-10)15(20)8-19-14-6-11(16)12(17)7-13(14)18/h2-7,15,19-20H,8H2,1H3. The number of halogens is 3. The van der Waals surface area contributed by atoms with Crippen molar-refractivity contribution in [2.75, 3.05) is 19.0 Å². The summed E-state index contributed by atoms with van der Waals surface area (Å²) in [5.41, 5.74) is 0.758. The lowest BCUT2D eigenvalue weighted by atomic mass is 10.1.